The standard InChI is InChI=1S/C16H17NO5/c1-9(2)7-10(8-17(21)22)13-14(18)11-5-3-4-6-12(11)15(19)16(13)20/h3-6,9-10,18H,7-8H2,1-2H3. The van der Waals surface area contributed by atoms with Crippen molar-refractivity contribution in [2.45, 2.75) is 20.3 Å². The maximum Gasteiger partial charge on any atom is 0.234 e. The molecule has 2 rings (SSSR count). The Hall–Kier alpha value is -2.50. The van der Waals surface area contributed by atoms with Crippen molar-refractivity contribution in [3.8, 4) is 0 Å². The van der Waals surface area contributed by atoms with Gasteiger partial charge in [0.2, 0.25) is 18.1 Å². The van der Waals surface area contributed by atoms with Gasteiger partial charge in [-0.25, -0.2) is 0 Å². The molecule has 1 aromatic rings. The molecule has 1 atom stereocenters. The van der Waals surface area contributed by atoms with E-state index < -0.39 is 29.0 Å². The van der Waals surface area contributed by atoms with Crippen LogP contribution in [0.4, 0.5) is 0 Å². The second-order valence-electron chi connectivity index (χ2n) is 5.81. The topological polar surface area (TPSA) is 97.5 Å². The van der Waals surface area contributed by atoms with E-state index >= 15 is 0 Å². The van der Waals surface area contributed by atoms with Crippen molar-refractivity contribution in [1.82, 2.24) is 0 Å². The number of hydrogen-bond donors (Lipinski definition) is 1. The summed E-state index contributed by atoms with van der Waals surface area (Å²) in [5, 5.41) is 21.3. The molecule has 1 aliphatic carbocycles. The van der Waals surface area contributed by atoms with Crippen LogP contribution >= 0.6 is 0 Å². The lowest BCUT2D eigenvalue weighted by Gasteiger charge is -2.23. The van der Waals surface area contributed by atoms with Crippen LogP contribution in [0.5, 0.6) is 0 Å². The monoisotopic (exact) mass is 303 g/mol. The van der Waals surface area contributed by atoms with Crippen molar-refractivity contribution < 1.29 is 19.6 Å². The Morgan fingerprint density at radius 1 is 1.14 bits per heavy atom. The molecular weight excluding hydrogens is 286 g/mol. The highest BCUT2D eigenvalue weighted by molar-refractivity contribution is 6.52. The molecule has 116 valence electrons. The Kier molecular flexibility index (Phi) is 4.40. The number of nitro groups is 1. The normalized spacial score (nSPS) is 16.0. The third kappa shape index (κ3) is 2.90. The maximum atomic E-state index is 12.3. The van der Waals surface area contributed by atoms with Crippen molar-refractivity contribution in [1.29, 1.82) is 0 Å². The third-order valence-electron chi connectivity index (χ3n) is 3.67. The molecule has 1 unspecified atom stereocenters. The first kappa shape index (κ1) is 15.9. The van der Waals surface area contributed by atoms with Crippen molar-refractivity contribution >= 4 is 17.3 Å². The molecule has 22 heavy (non-hydrogen) atoms. The number of rotatable bonds is 5. The van der Waals surface area contributed by atoms with Gasteiger partial charge in [0.25, 0.3) is 0 Å². The molecule has 0 fully saturated rings. The van der Waals surface area contributed by atoms with Crippen molar-refractivity contribution in [3.05, 3.63) is 51.1 Å². The van der Waals surface area contributed by atoms with Crippen molar-refractivity contribution in [3.63, 3.8) is 0 Å². The molecule has 0 aromatic heterocycles. The zero-order chi connectivity index (χ0) is 16.4. The van der Waals surface area contributed by atoms with E-state index in [0.29, 0.717) is 6.42 Å². The first-order chi connectivity index (χ1) is 10.3. The zero-order valence-electron chi connectivity index (χ0n) is 12.4. The molecule has 0 saturated heterocycles. The number of hydrogen-bond acceptors (Lipinski definition) is 5. The highest BCUT2D eigenvalue weighted by atomic mass is 16.6. The minimum Gasteiger partial charge on any atom is -0.507 e. The molecule has 0 aliphatic heterocycles. The van der Waals surface area contributed by atoms with Gasteiger partial charge >= 0.3 is 0 Å². The maximum absolute atomic E-state index is 12.3. The lowest BCUT2D eigenvalue weighted by Crippen LogP contribution is -2.31. The molecular formula is C16H17NO5. The van der Waals surface area contributed by atoms with Crippen LogP contribution in [0.1, 0.15) is 36.2 Å². The average molecular weight is 303 g/mol. The molecule has 1 aliphatic rings. The van der Waals surface area contributed by atoms with Crippen LogP contribution in [0.3, 0.4) is 0 Å². The summed E-state index contributed by atoms with van der Waals surface area (Å²) in [5.74, 6) is -2.57. The molecule has 0 saturated carbocycles. The number of aliphatic hydroxyl groups excluding tert-OH is 1. The number of fused-ring (bicyclic) bond motifs is 1. The van der Waals surface area contributed by atoms with Crippen molar-refractivity contribution in [2.24, 2.45) is 11.8 Å². The van der Waals surface area contributed by atoms with Gasteiger partial charge in [-0.15, -0.1) is 0 Å². The van der Waals surface area contributed by atoms with Crippen LogP contribution in [-0.4, -0.2) is 28.1 Å². The SMILES string of the molecule is CC(C)CC(C[N+](=O)[O-])C1=C(O)c2ccccc2C(=O)C1=O. The molecule has 1 aromatic carbocycles. The van der Waals surface area contributed by atoms with Crippen LogP contribution in [-0.2, 0) is 4.79 Å². The first-order valence-corrected chi connectivity index (χ1v) is 7.06. The average Bonchev–Trinajstić information content (AvgIpc) is 2.44. The molecule has 0 bridgehead atoms. The minimum atomic E-state index is -0.844. The van der Waals surface area contributed by atoms with E-state index in [2.05, 4.69) is 0 Å². The van der Waals surface area contributed by atoms with Gasteiger partial charge in [0.1, 0.15) is 5.76 Å². The van der Waals surface area contributed by atoms with Gasteiger partial charge in [-0.2, -0.15) is 0 Å². The van der Waals surface area contributed by atoms with Crippen molar-refractivity contribution in [2.75, 3.05) is 6.54 Å². The van der Waals surface area contributed by atoms with Crippen LogP contribution in [0.25, 0.3) is 5.76 Å². The summed E-state index contributed by atoms with van der Waals surface area (Å²) in [7, 11) is 0. The summed E-state index contributed by atoms with van der Waals surface area (Å²) in [5.41, 5.74) is 0.270. The fourth-order valence-electron chi connectivity index (χ4n) is 2.80. The smallest absolute Gasteiger partial charge is 0.234 e. The molecule has 0 heterocycles. The number of Topliss-reactive ketones (excluding diaryl/α,β-unsaturated/α-hetero) is 2. The number of benzene rings is 1. The summed E-state index contributed by atoms with van der Waals surface area (Å²) in [4.78, 5) is 34.9. The third-order valence-corrected chi connectivity index (χ3v) is 3.67. The Morgan fingerprint density at radius 3 is 2.27 bits per heavy atom. The van der Waals surface area contributed by atoms with Crippen LogP contribution in [0.2, 0.25) is 0 Å². The molecule has 1 N–H and O–H groups in total. The Bertz CT molecular complexity index is 675. The first-order valence-electron chi connectivity index (χ1n) is 7.06. The van der Waals surface area contributed by atoms with Crippen LogP contribution < -0.4 is 0 Å². The van der Waals surface area contributed by atoms with Gasteiger partial charge < -0.3 is 5.11 Å². The van der Waals surface area contributed by atoms with Gasteiger partial charge in [0.15, 0.2) is 0 Å². The van der Waals surface area contributed by atoms with E-state index in [0.717, 1.165) is 0 Å². The molecule has 0 radical (unpaired) electrons. The summed E-state index contributed by atoms with van der Waals surface area (Å²) in [6, 6.07) is 6.24. The van der Waals surface area contributed by atoms with Gasteiger partial charge in [-0.1, -0.05) is 38.1 Å². The largest absolute Gasteiger partial charge is 0.507 e. The Labute approximate surface area is 127 Å². The molecule has 0 spiro atoms. The van der Waals surface area contributed by atoms with Gasteiger partial charge in [-0.3, -0.25) is 19.7 Å². The summed E-state index contributed by atoms with van der Waals surface area (Å²) < 4.78 is 0. The molecule has 6 heteroatoms. The van der Waals surface area contributed by atoms with E-state index in [-0.39, 0.29) is 28.4 Å². The van der Waals surface area contributed by atoms with Crippen LogP contribution in [0.15, 0.2) is 29.8 Å². The predicted molar refractivity (Wildman–Crippen MR) is 80.1 cm³/mol. The van der Waals surface area contributed by atoms with Gasteiger partial charge in [0, 0.05) is 16.1 Å². The van der Waals surface area contributed by atoms with E-state index in [9.17, 15) is 24.8 Å². The van der Waals surface area contributed by atoms with E-state index in [1.165, 1.54) is 12.1 Å². The molecule has 0 amide bonds. The second kappa shape index (κ2) is 6.09. The molecule has 6 nitrogen and oxygen atoms in total. The highest BCUT2D eigenvalue weighted by Gasteiger charge is 2.38. The Balaban J connectivity index is 2.57. The number of carbonyl (C=O) groups excluding carboxylic acids is 2. The van der Waals surface area contributed by atoms with Crippen LogP contribution in [0, 0.1) is 22.0 Å². The van der Waals surface area contributed by atoms with E-state index in [1.807, 2.05) is 13.8 Å². The van der Waals surface area contributed by atoms with E-state index in [1.54, 1.807) is 12.1 Å². The van der Waals surface area contributed by atoms with E-state index in [4.69, 9.17) is 0 Å². The fraction of sp³-hybridized carbons (Fsp3) is 0.375. The number of ketones is 2. The number of carbonyl (C=O) groups is 2. The second-order valence-corrected chi connectivity index (χ2v) is 5.81. The predicted octanol–water partition coefficient (Wildman–Crippen LogP) is 2.66. The summed E-state index contributed by atoms with van der Waals surface area (Å²) in [6.07, 6.45) is 0.349. The highest BCUT2D eigenvalue weighted by Crippen LogP contribution is 2.34. The minimum absolute atomic E-state index is 0.0883. The zero-order valence-corrected chi connectivity index (χ0v) is 12.4. The van der Waals surface area contributed by atoms with Gasteiger partial charge in [0.05, 0.1) is 11.5 Å². The summed E-state index contributed by atoms with van der Waals surface area (Å²) in [6.45, 7) is 3.25. The summed E-state index contributed by atoms with van der Waals surface area (Å²) >= 11 is 0. The lowest BCUT2D eigenvalue weighted by atomic mass is 9.79. The Morgan fingerprint density at radius 2 is 1.73 bits per heavy atom. The van der Waals surface area contributed by atoms with Gasteiger partial charge in [-0.05, 0) is 12.3 Å². The quantitative estimate of drug-likeness (QED) is 0.512. The fourth-order valence-corrected chi connectivity index (χ4v) is 2.80. The lowest BCUT2D eigenvalue weighted by molar-refractivity contribution is -0.486. The number of aliphatic hydroxyl groups is 1. The number of nitrogens with zero attached hydrogens (tertiary/aromatic N) is 1.